The molecule has 0 unspecified atom stereocenters. The smallest absolute Gasteiger partial charge is 0.303 e. The number of hydrogen-bond acceptors (Lipinski definition) is 5. The molecule has 0 aliphatic carbocycles. The minimum atomic E-state index is -0.663. The molecule has 2 rings (SSSR count). The van der Waals surface area contributed by atoms with Crippen LogP contribution in [-0.4, -0.2) is 36.7 Å². The van der Waals surface area contributed by atoms with E-state index in [-0.39, 0.29) is 24.3 Å². The topological polar surface area (TPSA) is 54.0 Å². The highest BCUT2D eigenvalue weighted by molar-refractivity contribution is 5.66. The summed E-state index contributed by atoms with van der Waals surface area (Å²) in [5.41, 5.74) is 1.18. The SMILES string of the molecule is CCCCCCCCCCCCCC[C@@H](C=C[C@H]1C[C@@H](CCOCc2ccccc2)OC(C)(C)O1)OC(C)=O. The number of esters is 1. The molecule has 1 aliphatic rings. The average molecular weight is 545 g/mol. The summed E-state index contributed by atoms with van der Waals surface area (Å²) in [6.07, 6.45) is 22.1. The van der Waals surface area contributed by atoms with Crippen molar-refractivity contribution >= 4 is 5.97 Å². The van der Waals surface area contributed by atoms with Gasteiger partial charge in [-0.15, -0.1) is 0 Å². The van der Waals surface area contributed by atoms with Gasteiger partial charge in [0.1, 0.15) is 6.10 Å². The van der Waals surface area contributed by atoms with Crippen LogP contribution in [0.5, 0.6) is 0 Å². The second-order valence-electron chi connectivity index (χ2n) is 11.6. The van der Waals surface area contributed by atoms with Gasteiger partial charge in [0.2, 0.25) is 0 Å². The Bertz CT molecular complexity index is 775. The standard InChI is InChI=1S/C34H56O5/c1-5-6-7-8-9-10-11-12-13-14-15-19-22-31(37-29(2)35)23-24-32-27-33(39-34(3,4)38-32)25-26-36-28-30-20-17-16-18-21-30/h16-18,20-21,23-24,31-33H,5-15,19,22,25-28H2,1-4H3/t31-,32-,33+/m0/s1. The maximum Gasteiger partial charge on any atom is 0.303 e. The van der Waals surface area contributed by atoms with E-state index in [1.807, 2.05) is 38.1 Å². The lowest BCUT2D eigenvalue weighted by Crippen LogP contribution is -2.44. The average Bonchev–Trinajstić information content (AvgIpc) is 2.89. The van der Waals surface area contributed by atoms with Crippen LogP contribution < -0.4 is 0 Å². The zero-order valence-electron chi connectivity index (χ0n) is 25.3. The van der Waals surface area contributed by atoms with Crippen molar-refractivity contribution in [3.63, 3.8) is 0 Å². The number of benzene rings is 1. The Balaban J connectivity index is 1.67. The molecule has 1 saturated heterocycles. The summed E-state index contributed by atoms with van der Waals surface area (Å²) in [5, 5.41) is 0. The molecule has 1 aromatic carbocycles. The van der Waals surface area contributed by atoms with E-state index in [0.717, 1.165) is 25.7 Å². The normalized spacial score (nSPS) is 19.8. The van der Waals surface area contributed by atoms with E-state index < -0.39 is 5.79 Å². The number of carbonyl (C=O) groups is 1. The van der Waals surface area contributed by atoms with Crippen LogP contribution in [0.15, 0.2) is 42.5 Å². The molecule has 1 aliphatic heterocycles. The monoisotopic (exact) mass is 544 g/mol. The largest absolute Gasteiger partial charge is 0.458 e. The minimum Gasteiger partial charge on any atom is -0.458 e. The molecule has 0 N–H and O–H groups in total. The fraction of sp³-hybridized carbons (Fsp3) is 0.735. The lowest BCUT2D eigenvalue weighted by atomic mass is 10.0. The van der Waals surface area contributed by atoms with Crippen molar-refractivity contribution in [2.75, 3.05) is 6.61 Å². The first-order chi connectivity index (χ1) is 18.9. The second-order valence-corrected chi connectivity index (χ2v) is 11.6. The van der Waals surface area contributed by atoms with E-state index in [1.165, 1.54) is 83.1 Å². The van der Waals surface area contributed by atoms with Gasteiger partial charge >= 0.3 is 5.97 Å². The van der Waals surface area contributed by atoms with Crippen molar-refractivity contribution in [3.8, 4) is 0 Å². The summed E-state index contributed by atoms with van der Waals surface area (Å²) in [5.74, 6) is -0.894. The molecule has 5 nitrogen and oxygen atoms in total. The number of hydrogen-bond donors (Lipinski definition) is 0. The van der Waals surface area contributed by atoms with Crippen molar-refractivity contribution in [1.29, 1.82) is 0 Å². The Morgan fingerprint density at radius 3 is 2.18 bits per heavy atom. The Labute approximate surface area is 239 Å². The van der Waals surface area contributed by atoms with E-state index in [4.69, 9.17) is 18.9 Å². The number of ether oxygens (including phenoxy) is 4. The van der Waals surface area contributed by atoms with Crippen LogP contribution in [0.3, 0.4) is 0 Å². The quantitative estimate of drug-likeness (QED) is 0.0877. The summed E-state index contributed by atoms with van der Waals surface area (Å²) < 4.78 is 23.8. The number of rotatable bonds is 21. The van der Waals surface area contributed by atoms with Crippen LogP contribution in [0, 0.1) is 0 Å². The maximum absolute atomic E-state index is 11.7. The Morgan fingerprint density at radius 1 is 0.949 bits per heavy atom. The first-order valence-corrected chi connectivity index (χ1v) is 15.7. The van der Waals surface area contributed by atoms with Crippen LogP contribution in [0.25, 0.3) is 0 Å². The molecular formula is C34H56O5. The van der Waals surface area contributed by atoms with Crippen LogP contribution in [0.1, 0.15) is 130 Å². The highest BCUT2D eigenvalue weighted by atomic mass is 16.7. The lowest BCUT2D eigenvalue weighted by Gasteiger charge is -2.40. The van der Waals surface area contributed by atoms with Crippen molar-refractivity contribution in [2.45, 2.75) is 155 Å². The van der Waals surface area contributed by atoms with E-state index >= 15 is 0 Å². The van der Waals surface area contributed by atoms with Gasteiger partial charge in [-0.25, -0.2) is 0 Å². The molecule has 0 saturated carbocycles. The van der Waals surface area contributed by atoms with Crippen molar-refractivity contribution < 1.29 is 23.7 Å². The fourth-order valence-corrected chi connectivity index (χ4v) is 5.26. The molecule has 1 fully saturated rings. The zero-order valence-corrected chi connectivity index (χ0v) is 25.3. The van der Waals surface area contributed by atoms with Gasteiger partial charge < -0.3 is 18.9 Å². The Morgan fingerprint density at radius 2 is 1.56 bits per heavy atom. The minimum absolute atomic E-state index is 0.0580. The second kappa shape index (κ2) is 20.2. The third-order valence-corrected chi connectivity index (χ3v) is 7.28. The summed E-state index contributed by atoms with van der Waals surface area (Å²) in [6.45, 7) is 8.93. The Hall–Kier alpha value is -1.69. The van der Waals surface area contributed by atoms with Crippen molar-refractivity contribution in [1.82, 2.24) is 0 Å². The predicted molar refractivity (Wildman–Crippen MR) is 160 cm³/mol. The molecule has 0 radical (unpaired) electrons. The molecule has 1 heterocycles. The van der Waals surface area contributed by atoms with Gasteiger partial charge in [-0.1, -0.05) is 114 Å². The third-order valence-electron chi connectivity index (χ3n) is 7.28. The van der Waals surface area contributed by atoms with Gasteiger partial charge in [-0.2, -0.15) is 0 Å². The summed E-state index contributed by atoms with van der Waals surface area (Å²) >= 11 is 0. The van der Waals surface area contributed by atoms with Crippen LogP contribution in [-0.2, 0) is 30.3 Å². The van der Waals surface area contributed by atoms with Crippen LogP contribution in [0.4, 0.5) is 0 Å². The first kappa shape index (κ1) is 33.5. The van der Waals surface area contributed by atoms with E-state index in [1.54, 1.807) is 0 Å². The van der Waals surface area contributed by atoms with Gasteiger partial charge in [-0.05, 0) is 44.7 Å². The van der Waals surface area contributed by atoms with E-state index in [9.17, 15) is 4.79 Å². The third kappa shape index (κ3) is 16.9. The molecule has 0 amide bonds. The molecule has 1 aromatic rings. The highest BCUT2D eigenvalue weighted by Crippen LogP contribution is 2.29. The van der Waals surface area contributed by atoms with Crippen molar-refractivity contribution in [2.24, 2.45) is 0 Å². The van der Waals surface area contributed by atoms with Crippen LogP contribution in [0.2, 0.25) is 0 Å². The van der Waals surface area contributed by atoms with E-state index in [0.29, 0.717) is 13.2 Å². The fourth-order valence-electron chi connectivity index (χ4n) is 5.26. The van der Waals surface area contributed by atoms with Gasteiger partial charge in [-0.3, -0.25) is 4.79 Å². The van der Waals surface area contributed by atoms with Gasteiger partial charge in [0.15, 0.2) is 5.79 Å². The molecular weight excluding hydrogens is 488 g/mol. The first-order valence-electron chi connectivity index (χ1n) is 15.7. The summed E-state index contributed by atoms with van der Waals surface area (Å²) in [6, 6.07) is 10.2. The molecule has 222 valence electrons. The predicted octanol–water partition coefficient (Wildman–Crippen LogP) is 9.08. The molecule has 3 atom stereocenters. The lowest BCUT2D eigenvalue weighted by molar-refractivity contribution is -0.292. The Kier molecular flexibility index (Phi) is 17.4. The van der Waals surface area contributed by atoms with Crippen molar-refractivity contribution in [3.05, 3.63) is 48.0 Å². The number of carbonyl (C=O) groups excluding carboxylic acids is 1. The highest BCUT2D eigenvalue weighted by Gasteiger charge is 2.34. The zero-order chi connectivity index (χ0) is 28.2. The van der Waals surface area contributed by atoms with E-state index in [2.05, 4.69) is 25.1 Å². The maximum atomic E-state index is 11.7. The number of unbranched alkanes of at least 4 members (excludes halogenated alkanes) is 11. The van der Waals surface area contributed by atoms with Gasteiger partial charge in [0.05, 0.1) is 18.8 Å². The molecule has 5 heteroatoms. The molecule has 0 aromatic heterocycles. The van der Waals surface area contributed by atoms with Crippen LogP contribution >= 0.6 is 0 Å². The van der Waals surface area contributed by atoms with Gasteiger partial charge in [0.25, 0.3) is 0 Å². The molecule has 0 bridgehead atoms. The summed E-state index contributed by atoms with van der Waals surface area (Å²) in [4.78, 5) is 11.7. The van der Waals surface area contributed by atoms with Gasteiger partial charge in [0, 0.05) is 20.0 Å². The molecule has 0 spiro atoms. The molecule has 39 heavy (non-hydrogen) atoms. The summed E-state index contributed by atoms with van der Waals surface area (Å²) in [7, 11) is 0.